The van der Waals surface area contributed by atoms with Crippen molar-refractivity contribution in [1.82, 2.24) is 5.32 Å². The molecular weight excluding hydrogens is 273 g/mol. The highest BCUT2D eigenvalue weighted by molar-refractivity contribution is 5.94. The molecule has 1 amide bonds. The van der Waals surface area contributed by atoms with Crippen molar-refractivity contribution in [3.05, 3.63) is 35.6 Å². The molecule has 0 fully saturated rings. The molecule has 1 rings (SSSR count). The van der Waals surface area contributed by atoms with Gasteiger partial charge in [-0.05, 0) is 42.9 Å². The molecular formula is C16H22FNO3. The van der Waals surface area contributed by atoms with Crippen LogP contribution in [0.15, 0.2) is 24.3 Å². The lowest BCUT2D eigenvalue weighted by Gasteiger charge is -2.20. The zero-order chi connectivity index (χ0) is 15.8. The first-order chi connectivity index (χ1) is 9.90. The van der Waals surface area contributed by atoms with E-state index in [0.29, 0.717) is 30.9 Å². The van der Waals surface area contributed by atoms with Crippen molar-refractivity contribution in [3.8, 4) is 0 Å². The number of nitrogens with one attached hydrogen (secondary N) is 1. The Labute approximate surface area is 124 Å². The molecule has 21 heavy (non-hydrogen) atoms. The summed E-state index contributed by atoms with van der Waals surface area (Å²) in [6, 6.07) is 5.54. The van der Waals surface area contributed by atoms with Crippen LogP contribution < -0.4 is 5.32 Å². The third-order valence-electron chi connectivity index (χ3n) is 3.56. The van der Waals surface area contributed by atoms with Crippen LogP contribution in [0.4, 0.5) is 4.39 Å². The minimum Gasteiger partial charge on any atom is -0.481 e. The SMILES string of the molecule is CC(C)C(CCNC(=O)c1cccc(F)c1)CCC(=O)O. The van der Waals surface area contributed by atoms with Crippen LogP contribution in [-0.4, -0.2) is 23.5 Å². The molecule has 0 saturated heterocycles. The first kappa shape index (κ1) is 17.1. The average Bonchev–Trinajstić information content (AvgIpc) is 2.41. The zero-order valence-electron chi connectivity index (χ0n) is 12.4. The Morgan fingerprint density at radius 1 is 1.29 bits per heavy atom. The van der Waals surface area contributed by atoms with Gasteiger partial charge in [0.05, 0.1) is 0 Å². The van der Waals surface area contributed by atoms with Crippen LogP contribution in [0, 0.1) is 17.7 Å². The molecule has 0 aromatic heterocycles. The van der Waals surface area contributed by atoms with Crippen molar-refractivity contribution in [2.45, 2.75) is 33.1 Å². The standard InChI is InChI=1S/C16H22FNO3/c1-11(2)12(6-7-15(19)20)8-9-18-16(21)13-4-3-5-14(17)10-13/h3-5,10-12H,6-9H2,1-2H3,(H,18,21)(H,19,20). The molecule has 0 aliphatic carbocycles. The van der Waals surface area contributed by atoms with E-state index in [1.165, 1.54) is 18.2 Å². The fraction of sp³-hybridized carbons (Fsp3) is 0.500. The predicted molar refractivity (Wildman–Crippen MR) is 78.5 cm³/mol. The number of hydrogen-bond donors (Lipinski definition) is 2. The molecule has 0 saturated carbocycles. The van der Waals surface area contributed by atoms with Gasteiger partial charge < -0.3 is 10.4 Å². The smallest absolute Gasteiger partial charge is 0.303 e. The monoisotopic (exact) mass is 295 g/mol. The Kier molecular flexibility index (Phi) is 6.85. The fourth-order valence-electron chi connectivity index (χ4n) is 2.22. The Morgan fingerprint density at radius 2 is 2.00 bits per heavy atom. The normalized spacial score (nSPS) is 12.2. The summed E-state index contributed by atoms with van der Waals surface area (Å²) in [7, 11) is 0. The van der Waals surface area contributed by atoms with Gasteiger partial charge in [-0.25, -0.2) is 4.39 Å². The van der Waals surface area contributed by atoms with Crippen molar-refractivity contribution in [2.24, 2.45) is 11.8 Å². The van der Waals surface area contributed by atoms with Crippen molar-refractivity contribution < 1.29 is 19.1 Å². The predicted octanol–water partition coefficient (Wildman–Crippen LogP) is 3.08. The van der Waals surface area contributed by atoms with Gasteiger partial charge in [-0.2, -0.15) is 0 Å². The quantitative estimate of drug-likeness (QED) is 0.774. The third-order valence-corrected chi connectivity index (χ3v) is 3.56. The first-order valence-electron chi connectivity index (χ1n) is 7.15. The largest absolute Gasteiger partial charge is 0.481 e. The maximum absolute atomic E-state index is 13.0. The molecule has 1 aromatic rings. The number of carboxylic acid groups (broad SMARTS) is 1. The summed E-state index contributed by atoms with van der Waals surface area (Å²) < 4.78 is 13.0. The number of aliphatic carboxylic acids is 1. The van der Waals surface area contributed by atoms with E-state index in [0.717, 1.165) is 0 Å². The number of amides is 1. The topological polar surface area (TPSA) is 66.4 Å². The number of carbonyl (C=O) groups excluding carboxylic acids is 1. The van der Waals surface area contributed by atoms with Crippen molar-refractivity contribution in [1.29, 1.82) is 0 Å². The molecule has 1 atom stereocenters. The maximum Gasteiger partial charge on any atom is 0.303 e. The molecule has 0 aliphatic rings. The highest BCUT2D eigenvalue weighted by Crippen LogP contribution is 2.20. The molecule has 1 aromatic carbocycles. The summed E-state index contributed by atoms with van der Waals surface area (Å²) in [5.74, 6) is -0.951. The van der Waals surface area contributed by atoms with Crippen LogP contribution in [0.3, 0.4) is 0 Å². The van der Waals surface area contributed by atoms with Gasteiger partial charge in [-0.1, -0.05) is 19.9 Å². The van der Waals surface area contributed by atoms with Crippen LogP contribution >= 0.6 is 0 Å². The van der Waals surface area contributed by atoms with E-state index in [9.17, 15) is 14.0 Å². The van der Waals surface area contributed by atoms with Crippen molar-refractivity contribution >= 4 is 11.9 Å². The molecule has 5 heteroatoms. The highest BCUT2D eigenvalue weighted by atomic mass is 19.1. The Bertz CT molecular complexity index is 488. The van der Waals surface area contributed by atoms with Crippen LogP contribution in [0.5, 0.6) is 0 Å². The van der Waals surface area contributed by atoms with Gasteiger partial charge in [-0.3, -0.25) is 9.59 Å². The van der Waals surface area contributed by atoms with Crippen LogP contribution in [-0.2, 0) is 4.79 Å². The van der Waals surface area contributed by atoms with E-state index in [2.05, 4.69) is 5.32 Å². The summed E-state index contributed by atoms with van der Waals surface area (Å²) >= 11 is 0. The van der Waals surface area contributed by atoms with Gasteiger partial charge in [-0.15, -0.1) is 0 Å². The number of carboxylic acids is 1. The van der Waals surface area contributed by atoms with Gasteiger partial charge in [0.25, 0.3) is 5.91 Å². The summed E-state index contributed by atoms with van der Waals surface area (Å²) in [6.45, 7) is 4.54. The third kappa shape index (κ3) is 6.38. The molecule has 0 heterocycles. The molecule has 0 aliphatic heterocycles. The van der Waals surface area contributed by atoms with Gasteiger partial charge >= 0.3 is 5.97 Å². The fourth-order valence-corrected chi connectivity index (χ4v) is 2.22. The van der Waals surface area contributed by atoms with E-state index in [1.54, 1.807) is 6.07 Å². The lowest BCUT2D eigenvalue weighted by Crippen LogP contribution is -2.27. The molecule has 116 valence electrons. The summed E-state index contributed by atoms with van der Waals surface area (Å²) in [6.07, 6.45) is 1.45. The summed E-state index contributed by atoms with van der Waals surface area (Å²) in [4.78, 5) is 22.5. The van der Waals surface area contributed by atoms with E-state index < -0.39 is 11.8 Å². The molecule has 0 bridgehead atoms. The first-order valence-corrected chi connectivity index (χ1v) is 7.15. The van der Waals surface area contributed by atoms with E-state index in [-0.39, 0.29) is 18.2 Å². The van der Waals surface area contributed by atoms with Gasteiger partial charge in [0.1, 0.15) is 5.82 Å². The van der Waals surface area contributed by atoms with E-state index in [1.807, 2.05) is 13.8 Å². The van der Waals surface area contributed by atoms with Crippen LogP contribution in [0.2, 0.25) is 0 Å². The van der Waals surface area contributed by atoms with Gasteiger partial charge in [0.15, 0.2) is 0 Å². The second-order valence-corrected chi connectivity index (χ2v) is 5.49. The lowest BCUT2D eigenvalue weighted by atomic mass is 9.88. The van der Waals surface area contributed by atoms with Crippen LogP contribution in [0.25, 0.3) is 0 Å². The minimum absolute atomic E-state index is 0.140. The average molecular weight is 295 g/mol. The summed E-state index contributed by atoms with van der Waals surface area (Å²) in [5.41, 5.74) is 0.293. The Balaban J connectivity index is 2.43. The molecule has 4 nitrogen and oxygen atoms in total. The zero-order valence-corrected chi connectivity index (χ0v) is 12.4. The second kappa shape index (κ2) is 8.39. The maximum atomic E-state index is 13.0. The van der Waals surface area contributed by atoms with E-state index >= 15 is 0 Å². The molecule has 1 unspecified atom stereocenters. The van der Waals surface area contributed by atoms with Crippen molar-refractivity contribution in [2.75, 3.05) is 6.54 Å². The lowest BCUT2D eigenvalue weighted by molar-refractivity contribution is -0.137. The van der Waals surface area contributed by atoms with Gasteiger partial charge in [0, 0.05) is 18.5 Å². The number of halogens is 1. The highest BCUT2D eigenvalue weighted by Gasteiger charge is 2.15. The molecule has 2 N–H and O–H groups in total. The number of rotatable bonds is 8. The Hall–Kier alpha value is -1.91. The Morgan fingerprint density at radius 3 is 2.57 bits per heavy atom. The van der Waals surface area contributed by atoms with Gasteiger partial charge in [0.2, 0.25) is 0 Å². The second-order valence-electron chi connectivity index (χ2n) is 5.49. The molecule has 0 spiro atoms. The number of hydrogen-bond acceptors (Lipinski definition) is 2. The number of carbonyl (C=O) groups is 2. The van der Waals surface area contributed by atoms with E-state index in [4.69, 9.17) is 5.11 Å². The number of benzene rings is 1. The minimum atomic E-state index is -0.801. The van der Waals surface area contributed by atoms with Crippen LogP contribution in [0.1, 0.15) is 43.5 Å². The van der Waals surface area contributed by atoms with Crippen molar-refractivity contribution in [3.63, 3.8) is 0 Å². The molecule has 0 radical (unpaired) electrons. The summed E-state index contributed by atoms with van der Waals surface area (Å²) in [5, 5.41) is 11.5.